The van der Waals surface area contributed by atoms with Crippen molar-refractivity contribution < 1.29 is 0 Å². The predicted molar refractivity (Wildman–Crippen MR) is 73.1 cm³/mol. The fourth-order valence-electron chi connectivity index (χ4n) is 1.41. The second-order valence-corrected chi connectivity index (χ2v) is 4.33. The Morgan fingerprint density at radius 1 is 1.22 bits per heavy atom. The molecule has 18 heavy (non-hydrogen) atoms. The molecule has 0 radical (unpaired) electrons. The van der Waals surface area contributed by atoms with Gasteiger partial charge in [-0.1, -0.05) is 23.2 Å². The minimum absolute atomic E-state index is 0.282. The molecular formula is C12H8Cl2N4. The number of nitrogens with zero attached hydrogens (tertiary/aromatic N) is 2. The first-order valence-corrected chi connectivity index (χ1v) is 5.74. The zero-order valence-corrected chi connectivity index (χ0v) is 10.6. The molecule has 0 amide bonds. The summed E-state index contributed by atoms with van der Waals surface area (Å²) in [6, 6.07) is 10.1. The van der Waals surface area contributed by atoms with Gasteiger partial charge in [-0.3, -0.25) is 0 Å². The summed E-state index contributed by atoms with van der Waals surface area (Å²) in [5, 5.41) is 12.6. The Hall–Kier alpha value is -1.96. The molecule has 0 aliphatic heterocycles. The third kappa shape index (κ3) is 2.83. The third-order valence-corrected chi connectivity index (χ3v) is 2.70. The number of pyridine rings is 1. The van der Waals surface area contributed by atoms with Crippen LogP contribution in [0.2, 0.25) is 10.2 Å². The second kappa shape index (κ2) is 5.13. The van der Waals surface area contributed by atoms with Crippen molar-refractivity contribution in [1.82, 2.24) is 4.98 Å². The number of hydrogen-bond donors (Lipinski definition) is 2. The van der Waals surface area contributed by atoms with E-state index in [0.29, 0.717) is 27.8 Å². The summed E-state index contributed by atoms with van der Waals surface area (Å²) in [4.78, 5) is 4.06. The first kappa shape index (κ1) is 12.5. The zero-order chi connectivity index (χ0) is 13.1. The van der Waals surface area contributed by atoms with E-state index >= 15 is 0 Å². The van der Waals surface area contributed by atoms with Gasteiger partial charge in [-0.2, -0.15) is 5.26 Å². The lowest BCUT2D eigenvalue weighted by atomic mass is 10.2. The molecule has 1 aromatic heterocycles. The molecule has 2 rings (SSSR count). The minimum atomic E-state index is 0.282. The van der Waals surface area contributed by atoms with Crippen LogP contribution in [-0.2, 0) is 0 Å². The average molecular weight is 279 g/mol. The highest BCUT2D eigenvalue weighted by Gasteiger charge is 2.05. The van der Waals surface area contributed by atoms with Crippen LogP contribution < -0.4 is 11.1 Å². The summed E-state index contributed by atoms with van der Waals surface area (Å²) < 4.78 is 0. The molecule has 0 saturated carbocycles. The Kier molecular flexibility index (Phi) is 3.56. The van der Waals surface area contributed by atoms with Crippen LogP contribution in [-0.4, -0.2) is 4.98 Å². The van der Waals surface area contributed by atoms with Crippen molar-refractivity contribution in [3.05, 3.63) is 46.1 Å². The van der Waals surface area contributed by atoms with Crippen LogP contribution in [0.5, 0.6) is 0 Å². The van der Waals surface area contributed by atoms with Crippen molar-refractivity contribution in [2.24, 2.45) is 0 Å². The Labute approximate surface area is 114 Å². The highest BCUT2D eigenvalue weighted by atomic mass is 35.5. The number of nitriles is 1. The third-order valence-electron chi connectivity index (χ3n) is 2.17. The number of nitrogens with two attached hydrogens (primary N) is 1. The van der Waals surface area contributed by atoms with Crippen LogP contribution in [0.25, 0.3) is 0 Å². The first-order chi connectivity index (χ1) is 8.58. The summed E-state index contributed by atoms with van der Waals surface area (Å²) in [5.74, 6) is 0.469. The molecule has 0 spiro atoms. The Morgan fingerprint density at radius 2 is 2.00 bits per heavy atom. The lowest BCUT2D eigenvalue weighted by Crippen LogP contribution is -1.97. The van der Waals surface area contributed by atoms with Crippen LogP contribution in [0, 0.1) is 11.3 Å². The fraction of sp³-hybridized carbons (Fsp3) is 0. The number of aromatic nitrogens is 1. The molecule has 0 aliphatic carbocycles. The van der Waals surface area contributed by atoms with Gasteiger partial charge in [0.1, 0.15) is 11.0 Å². The van der Waals surface area contributed by atoms with E-state index in [1.54, 1.807) is 30.3 Å². The largest absolute Gasteiger partial charge is 0.399 e. The standard InChI is InChI=1S/C12H8Cl2N4/c13-9-2-1-7(6-15)3-10(9)17-12-5-8(16)4-11(14)18-12/h1-5H,(H3,16,17,18). The SMILES string of the molecule is N#Cc1ccc(Cl)c(Nc2cc(N)cc(Cl)n2)c1. The van der Waals surface area contributed by atoms with Crippen molar-refractivity contribution >= 4 is 40.4 Å². The van der Waals surface area contributed by atoms with Gasteiger partial charge in [0, 0.05) is 11.8 Å². The maximum absolute atomic E-state index is 8.83. The van der Waals surface area contributed by atoms with Gasteiger partial charge in [-0.05, 0) is 24.3 Å². The van der Waals surface area contributed by atoms with Crippen molar-refractivity contribution in [2.45, 2.75) is 0 Å². The van der Waals surface area contributed by atoms with Crippen LogP contribution in [0.1, 0.15) is 5.56 Å². The quantitative estimate of drug-likeness (QED) is 0.824. The van der Waals surface area contributed by atoms with Gasteiger partial charge in [-0.15, -0.1) is 0 Å². The number of anilines is 3. The van der Waals surface area contributed by atoms with E-state index in [4.69, 9.17) is 34.2 Å². The van der Waals surface area contributed by atoms with Crippen molar-refractivity contribution in [3.8, 4) is 6.07 Å². The molecule has 90 valence electrons. The van der Waals surface area contributed by atoms with Gasteiger partial charge in [0.05, 0.1) is 22.3 Å². The maximum atomic E-state index is 8.83. The number of nitrogen functional groups attached to an aromatic ring is 1. The zero-order valence-electron chi connectivity index (χ0n) is 9.11. The number of benzene rings is 1. The molecule has 6 heteroatoms. The summed E-state index contributed by atoms with van der Waals surface area (Å²) in [6.07, 6.45) is 0. The van der Waals surface area contributed by atoms with Crippen molar-refractivity contribution in [3.63, 3.8) is 0 Å². The van der Waals surface area contributed by atoms with E-state index in [2.05, 4.69) is 10.3 Å². The summed E-state index contributed by atoms with van der Waals surface area (Å²) in [7, 11) is 0. The molecule has 1 heterocycles. The van der Waals surface area contributed by atoms with E-state index in [0.717, 1.165) is 0 Å². The monoisotopic (exact) mass is 278 g/mol. The van der Waals surface area contributed by atoms with Gasteiger partial charge < -0.3 is 11.1 Å². The fourth-order valence-corrected chi connectivity index (χ4v) is 1.79. The van der Waals surface area contributed by atoms with Gasteiger partial charge in [0.25, 0.3) is 0 Å². The average Bonchev–Trinajstić information content (AvgIpc) is 2.30. The highest BCUT2D eigenvalue weighted by molar-refractivity contribution is 6.33. The molecule has 2 aromatic rings. The van der Waals surface area contributed by atoms with Crippen LogP contribution in [0.15, 0.2) is 30.3 Å². The normalized spacial score (nSPS) is 9.83. The maximum Gasteiger partial charge on any atom is 0.134 e. The van der Waals surface area contributed by atoms with Crippen LogP contribution >= 0.6 is 23.2 Å². The van der Waals surface area contributed by atoms with Crippen LogP contribution in [0.3, 0.4) is 0 Å². The topological polar surface area (TPSA) is 74.7 Å². The minimum Gasteiger partial charge on any atom is -0.399 e. The molecule has 1 aromatic carbocycles. The molecule has 0 atom stereocenters. The molecule has 0 saturated heterocycles. The molecule has 4 nitrogen and oxygen atoms in total. The van der Waals surface area contributed by atoms with E-state index in [-0.39, 0.29) is 5.15 Å². The number of halogens is 2. The lowest BCUT2D eigenvalue weighted by Gasteiger charge is -2.08. The summed E-state index contributed by atoms with van der Waals surface area (Å²) in [6.45, 7) is 0. The van der Waals surface area contributed by atoms with Gasteiger partial charge in [-0.25, -0.2) is 4.98 Å². The molecule has 0 fully saturated rings. The van der Waals surface area contributed by atoms with Crippen molar-refractivity contribution in [2.75, 3.05) is 11.1 Å². The predicted octanol–water partition coefficient (Wildman–Crippen LogP) is 3.59. The van der Waals surface area contributed by atoms with E-state index in [9.17, 15) is 0 Å². The first-order valence-electron chi connectivity index (χ1n) is 4.98. The van der Waals surface area contributed by atoms with Gasteiger partial charge >= 0.3 is 0 Å². The Bertz CT molecular complexity index is 614. The Morgan fingerprint density at radius 3 is 2.67 bits per heavy atom. The summed E-state index contributed by atoms with van der Waals surface area (Å²) >= 11 is 11.8. The number of nitrogens with one attached hydrogen (secondary N) is 1. The van der Waals surface area contributed by atoms with Gasteiger partial charge in [0.2, 0.25) is 0 Å². The molecule has 0 bridgehead atoms. The smallest absolute Gasteiger partial charge is 0.134 e. The lowest BCUT2D eigenvalue weighted by molar-refractivity contribution is 1.31. The number of hydrogen-bond acceptors (Lipinski definition) is 4. The van der Waals surface area contributed by atoms with E-state index in [1.165, 1.54) is 0 Å². The van der Waals surface area contributed by atoms with Crippen molar-refractivity contribution in [1.29, 1.82) is 5.26 Å². The highest BCUT2D eigenvalue weighted by Crippen LogP contribution is 2.27. The van der Waals surface area contributed by atoms with E-state index < -0.39 is 0 Å². The molecule has 3 N–H and O–H groups in total. The molecule has 0 aliphatic rings. The second-order valence-electron chi connectivity index (χ2n) is 3.54. The Balaban J connectivity index is 2.36. The molecule has 0 unspecified atom stereocenters. The van der Waals surface area contributed by atoms with E-state index in [1.807, 2.05) is 6.07 Å². The summed E-state index contributed by atoms with van der Waals surface area (Å²) in [5.41, 5.74) is 7.22. The van der Waals surface area contributed by atoms with Gasteiger partial charge in [0.15, 0.2) is 0 Å². The molecular weight excluding hydrogens is 271 g/mol. The number of rotatable bonds is 2. The van der Waals surface area contributed by atoms with Crippen LogP contribution in [0.4, 0.5) is 17.2 Å².